The molecular weight excluding hydrogens is 382 g/mol. The molecule has 0 atom stereocenters. The molecule has 2 heterocycles. The van der Waals surface area contributed by atoms with Crippen LogP contribution in [0, 0.1) is 18.6 Å². The first-order valence-corrected chi connectivity index (χ1v) is 9.52. The van der Waals surface area contributed by atoms with E-state index in [1.54, 1.807) is 6.20 Å². The summed E-state index contributed by atoms with van der Waals surface area (Å²) in [6.07, 6.45) is 1.35. The Hall–Kier alpha value is -2.67. The molecule has 0 bridgehead atoms. The van der Waals surface area contributed by atoms with Gasteiger partial charge in [-0.15, -0.1) is 0 Å². The Morgan fingerprint density at radius 2 is 1.76 bits per heavy atom. The van der Waals surface area contributed by atoms with E-state index in [1.807, 2.05) is 36.1 Å². The summed E-state index contributed by atoms with van der Waals surface area (Å²) in [5.74, 6) is -3.99. The van der Waals surface area contributed by atoms with Crippen molar-refractivity contribution < 1.29 is 17.6 Å². The topological polar surface area (TPSA) is 21.1 Å². The van der Waals surface area contributed by atoms with Crippen molar-refractivity contribution in [3.05, 3.63) is 71.4 Å². The maximum Gasteiger partial charge on any atom is 0.250 e. The number of likely N-dealkylation sites (tertiary alicyclic amines) is 1. The largest absolute Gasteiger partial charge is 0.298 e. The second kappa shape index (κ2) is 7.63. The molecule has 7 heteroatoms. The third kappa shape index (κ3) is 4.19. The zero-order valence-corrected chi connectivity index (χ0v) is 16.0. The van der Waals surface area contributed by atoms with Gasteiger partial charge >= 0.3 is 0 Å². The molecule has 3 aromatic rings. The number of alkyl halides is 2. The second-order valence-electron chi connectivity index (χ2n) is 7.49. The summed E-state index contributed by atoms with van der Waals surface area (Å²) >= 11 is 0. The molecule has 0 aliphatic carbocycles. The lowest BCUT2D eigenvalue weighted by molar-refractivity contribution is -0.0566. The van der Waals surface area contributed by atoms with Crippen molar-refractivity contribution >= 4 is 0 Å². The lowest BCUT2D eigenvalue weighted by atomic mass is 10.0. The molecule has 2 aromatic carbocycles. The van der Waals surface area contributed by atoms with Crippen LogP contribution in [0.2, 0.25) is 0 Å². The Bertz CT molecular complexity index is 1020. The van der Waals surface area contributed by atoms with E-state index >= 15 is 0 Å². The predicted molar refractivity (Wildman–Crippen MR) is 103 cm³/mol. The molecule has 1 aliphatic heterocycles. The van der Waals surface area contributed by atoms with Crippen LogP contribution in [0.5, 0.6) is 0 Å². The van der Waals surface area contributed by atoms with Crippen molar-refractivity contribution in [2.75, 3.05) is 13.1 Å². The standard InChI is InChI=1S/C22H21F4N3/c1-15-4-2-3-5-18(15)21-16(13-28-10-8-22(25,26)9-11-28)14-29(27-21)20-7-6-17(23)12-19(20)24/h2-7,12,14H,8-11,13H2,1H3. The van der Waals surface area contributed by atoms with Gasteiger partial charge in [-0.2, -0.15) is 5.10 Å². The molecule has 1 aromatic heterocycles. The molecule has 1 aliphatic rings. The molecule has 0 amide bonds. The monoisotopic (exact) mass is 403 g/mol. The highest BCUT2D eigenvalue weighted by Gasteiger charge is 2.34. The smallest absolute Gasteiger partial charge is 0.250 e. The van der Waals surface area contributed by atoms with E-state index in [0.29, 0.717) is 12.2 Å². The van der Waals surface area contributed by atoms with E-state index in [2.05, 4.69) is 5.10 Å². The second-order valence-corrected chi connectivity index (χ2v) is 7.49. The number of aromatic nitrogens is 2. The van der Waals surface area contributed by atoms with E-state index in [4.69, 9.17) is 0 Å². The summed E-state index contributed by atoms with van der Waals surface area (Å²) in [7, 11) is 0. The fourth-order valence-corrected chi connectivity index (χ4v) is 3.66. The van der Waals surface area contributed by atoms with E-state index in [0.717, 1.165) is 22.8 Å². The van der Waals surface area contributed by atoms with E-state index in [1.165, 1.54) is 16.8 Å². The highest BCUT2D eigenvalue weighted by atomic mass is 19.3. The first-order valence-electron chi connectivity index (χ1n) is 9.52. The van der Waals surface area contributed by atoms with Gasteiger partial charge in [0, 0.05) is 55.9 Å². The fourth-order valence-electron chi connectivity index (χ4n) is 3.66. The fraction of sp³-hybridized carbons (Fsp3) is 0.318. The van der Waals surface area contributed by atoms with Gasteiger partial charge in [-0.3, -0.25) is 4.90 Å². The lowest BCUT2D eigenvalue weighted by Crippen LogP contribution is -2.38. The van der Waals surface area contributed by atoms with Crippen molar-refractivity contribution in [3.63, 3.8) is 0 Å². The average molecular weight is 403 g/mol. The van der Waals surface area contributed by atoms with Crippen LogP contribution in [-0.2, 0) is 6.54 Å². The molecule has 0 unspecified atom stereocenters. The summed E-state index contributed by atoms with van der Waals surface area (Å²) in [5.41, 5.74) is 3.52. The summed E-state index contributed by atoms with van der Waals surface area (Å²) in [6, 6.07) is 11.0. The molecule has 0 radical (unpaired) electrons. The van der Waals surface area contributed by atoms with Crippen molar-refractivity contribution in [2.24, 2.45) is 0 Å². The molecule has 4 rings (SSSR count). The Morgan fingerprint density at radius 1 is 1.03 bits per heavy atom. The van der Waals surface area contributed by atoms with Crippen LogP contribution in [-0.4, -0.2) is 33.7 Å². The summed E-state index contributed by atoms with van der Waals surface area (Å²) in [6.45, 7) is 2.97. The highest BCUT2D eigenvalue weighted by Crippen LogP contribution is 2.31. The van der Waals surface area contributed by atoms with Crippen molar-refractivity contribution in [2.45, 2.75) is 32.2 Å². The van der Waals surface area contributed by atoms with E-state index < -0.39 is 17.6 Å². The predicted octanol–water partition coefficient (Wildman–Crippen LogP) is 5.36. The van der Waals surface area contributed by atoms with Gasteiger partial charge in [-0.05, 0) is 24.6 Å². The number of nitrogens with zero attached hydrogens (tertiary/aromatic N) is 3. The highest BCUT2D eigenvalue weighted by molar-refractivity contribution is 5.66. The summed E-state index contributed by atoms with van der Waals surface area (Å²) in [4.78, 5) is 1.96. The van der Waals surface area contributed by atoms with Gasteiger partial charge in [-0.1, -0.05) is 24.3 Å². The zero-order chi connectivity index (χ0) is 20.6. The van der Waals surface area contributed by atoms with Gasteiger partial charge < -0.3 is 0 Å². The SMILES string of the molecule is Cc1ccccc1-c1nn(-c2ccc(F)cc2F)cc1CN1CCC(F)(F)CC1. The minimum absolute atomic E-state index is 0.137. The lowest BCUT2D eigenvalue weighted by Gasteiger charge is -2.31. The molecular formula is C22H21F4N3. The van der Waals surface area contributed by atoms with Crippen molar-refractivity contribution in [3.8, 4) is 16.9 Å². The number of halogens is 4. The number of hydrogen-bond donors (Lipinski definition) is 0. The van der Waals surface area contributed by atoms with Gasteiger partial charge in [0.1, 0.15) is 11.5 Å². The van der Waals surface area contributed by atoms with Gasteiger partial charge in [0.15, 0.2) is 5.82 Å². The zero-order valence-electron chi connectivity index (χ0n) is 16.0. The van der Waals surface area contributed by atoms with Crippen LogP contribution < -0.4 is 0 Å². The van der Waals surface area contributed by atoms with E-state index in [-0.39, 0.29) is 31.6 Å². The van der Waals surface area contributed by atoms with Crippen LogP contribution in [0.1, 0.15) is 24.0 Å². The first-order chi connectivity index (χ1) is 13.8. The molecule has 1 saturated heterocycles. The normalized spacial score (nSPS) is 16.9. The van der Waals surface area contributed by atoms with Gasteiger partial charge in [-0.25, -0.2) is 22.2 Å². The van der Waals surface area contributed by atoms with Gasteiger partial charge in [0.05, 0.1) is 5.69 Å². The Balaban J connectivity index is 1.72. The summed E-state index contributed by atoms with van der Waals surface area (Å²) < 4.78 is 56.0. The molecule has 3 nitrogen and oxygen atoms in total. The van der Waals surface area contributed by atoms with Crippen molar-refractivity contribution in [1.82, 2.24) is 14.7 Å². The molecule has 0 spiro atoms. The first kappa shape index (κ1) is 19.6. The van der Waals surface area contributed by atoms with Crippen LogP contribution in [0.15, 0.2) is 48.7 Å². The van der Waals surface area contributed by atoms with Crippen LogP contribution >= 0.6 is 0 Å². The Labute approximate surface area is 166 Å². The molecule has 152 valence electrons. The van der Waals surface area contributed by atoms with Crippen LogP contribution in [0.25, 0.3) is 16.9 Å². The number of rotatable bonds is 4. The van der Waals surface area contributed by atoms with Gasteiger partial charge in [0.25, 0.3) is 5.92 Å². The van der Waals surface area contributed by atoms with Crippen LogP contribution in [0.4, 0.5) is 17.6 Å². The summed E-state index contributed by atoms with van der Waals surface area (Å²) in [5, 5.41) is 4.58. The Morgan fingerprint density at radius 3 is 2.45 bits per heavy atom. The molecule has 0 N–H and O–H groups in total. The Kier molecular flexibility index (Phi) is 5.17. The van der Waals surface area contributed by atoms with E-state index in [9.17, 15) is 17.6 Å². The maximum absolute atomic E-state index is 14.3. The van der Waals surface area contributed by atoms with Crippen LogP contribution in [0.3, 0.4) is 0 Å². The molecule has 0 saturated carbocycles. The number of benzene rings is 2. The molecule has 29 heavy (non-hydrogen) atoms. The maximum atomic E-state index is 14.3. The number of hydrogen-bond acceptors (Lipinski definition) is 2. The quantitative estimate of drug-likeness (QED) is 0.547. The average Bonchev–Trinajstić information content (AvgIpc) is 3.07. The van der Waals surface area contributed by atoms with Gasteiger partial charge in [0.2, 0.25) is 0 Å². The third-order valence-electron chi connectivity index (χ3n) is 5.33. The van der Waals surface area contributed by atoms with Crippen molar-refractivity contribution in [1.29, 1.82) is 0 Å². The third-order valence-corrected chi connectivity index (χ3v) is 5.33. The number of aryl methyl sites for hydroxylation is 1. The molecule has 1 fully saturated rings. The minimum atomic E-state index is -2.61. The number of piperidine rings is 1. The minimum Gasteiger partial charge on any atom is -0.298 e.